The molecule has 2 heterocycles. The van der Waals surface area contributed by atoms with Crippen LogP contribution in [0.4, 0.5) is 11.4 Å². The first-order valence-electron chi connectivity index (χ1n) is 13.9. The minimum atomic E-state index is -0.858. The molecule has 0 aliphatic carbocycles. The first-order chi connectivity index (χ1) is 19.6. The monoisotopic (exact) mass is 573 g/mol. The van der Waals surface area contributed by atoms with Crippen molar-refractivity contribution in [3.05, 3.63) is 107 Å². The molecule has 5 rings (SSSR count). The molecule has 7 nitrogen and oxygen atoms in total. The first kappa shape index (κ1) is 28.9. The summed E-state index contributed by atoms with van der Waals surface area (Å²) in [5.41, 5.74) is 4.00. The second-order valence-electron chi connectivity index (χ2n) is 11.5. The van der Waals surface area contributed by atoms with Gasteiger partial charge in [0.1, 0.15) is 6.23 Å². The molecule has 2 aliphatic heterocycles. The second-order valence-corrected chi connectivity index (χ2v) is 11.9. The number of carboxylic acid groups (broad SMARTS) is 1. The van der Waals surface area contributed by atoms with Crippen molar-refractivity contribution in [3.8, 4) is 0 Å². The molecule has 3 aromatic carbocycles. The molecule has 0 radical (unpaired) electrons. The van der Waals surface area contributed by atoms with Crippen molar-refractivity contribution in [1.82, 2.24) is 5.32 Å². The lowest BCUT2D eigenvalue weighted by Crippen LogP contribution is -2.65. The van der Waals surface area contributed by atoms with Gasteiger partial charge in [-0.15, -0.1) is 0 Å². The Kier molecular flexibility index (Phi) is 7.97. The standard InChI is InChI=1S/C33H36ClN3O4/c1-5-36(26-16-14-25(34)15-17-26)30-33(21-41-30)18-22(2)37(28-9-7-6-8-27(28)33)29(38)24-12-10-23(11-13-24)19-35-20-32(3,4)31(39)40/h6-17,30,35H,2,5,18-21H2,1,3-4H3,(H,39,40). The summed E-state index contributed by atoms with van der Waals surface area (Å²) in [5.74, 6) is -0.979. The van der Waals surface area contributed by atoms with Crippen LogP contribution in [-0.4, -0.2) is 42.9 Å². The minimum absolute atomic E-state index is 0.134. The Morgan fingerprint density at radius 1 is 1.12 bits per heavy atom. The van der Waals surface area contributed by atoms with Crippen molar-refractivity contribution in [2.24, 2.45) is 5.41 Å². The molecule has 0 aromatic heterocycles. The van der Waals surface area contributed by atoms with Crippen LogP contribution >= 0.6 is 11.6 Å². The van der Waals surface area contributed by atoms with E-state index in [1.807, 2.05) is 66.7 Å². The smallest absolute Gasteiger partial charge is 0.310 e. The van der Waals surface area contributed by atoms with Gasteiger partial charge >= 0.3 is 5.97 Å². The number of allylic oxidation sites excluding steroid dienone is 1. The van der Waals surface area contributed by atoms with Gasteiger partial charge in [-0.05, 0) is 74.4 Å². The number of carbonyl (C=O) groups excluding carboxylic acids is 1. The van der Waals surface area contributed by atoms with Crippen LogP contribution in [0.25, 0.3) is 0 Å². The molecule has 0 bridgehead atoms. The minimum Gasteiger partial charge on any atom is -0.481 e. The molecule has 41 heavy (non-hydrogen) atoms. The Labute approximate surface area is 246 Å². The number of fused-ring (bicyclic) bond motifs is 2. The van der Waals surface area contributed by atoms with E-state index in [-0.39, 0.29) is 17.6 Å². The lowest BCUT2D eigenvalue weighted by atomic mass is 9.68. The summed E-state index contributed by atoms with van der Waals surface area (Å²) in [5, 5.41) is 13.2. The summed E-state index contributed by atoms with van der Waals surface area (Å²) in [6.07, 6.45) is 0.382. The number of likely N-dealkylation sites (N-methyl/N-ethyl adjacent to an activating group) is 1. The maximum absolute atomic E-state index is 13.9. The molecule has 1 fully saturated rings. The van der Waals surface area contributed by atoms with Crippen LogP contribution in [0.2, 0.25) is 5.02 Å². The number of carboxylic acids is 1. The number of benzene rings is 3. The Morgan fingerprint density at radius 3 is 2.41 bits per heavy atom. The number of halogens is 1. The van der Waals surface area contributed by atoms with Crippen LogP contribution in [0.15, 0.2) is 85.1 Å². The molecule has 214 valence electrons. The first-order valence-corrected chi connectivity index (χ1v) is 14.2. The van der Waals surface area contributed by atoms with Gasteiger partial charge in [0.05, 0.1) is 23.1 Å². The van der Waals surface area contributed by atoms with Crippen molar-refractivity contribution in [3.63, 3.8) is 0 Å². The Hall–Kier alpha value is -3.65. The molecule has 1 amide bonds. The molecule has 1 spiro atoms. The molecule has 2 atom stereocenters. The van der Waals surface area contributed by atoms with Gasteiger partial charge in [-0.2, -0.15) is 0 Å². The summed E-state index contributed by atoms with van der Waals surface area (Å²) in [7, 11) is 0. The largest absolute Gasteiger partial charge is 0.481 e. The SMILES string of the molecule is C=C1CC2(COC2N(CC)c2ccc(Cl)cc2)c2ccccc2N1C(=O)c1ccc(CNCC(C)(C)C(=O)O)cc1. The van der Waals surface area contributed by atoms with E-state index in [0.29, 0.717) is 36.7 Å². The molecule has 2 aliphatic rings. The third-order valence-electron chi connectivity index (χ3n) is 8.15. The van der Waals surface area contributed by atoms with E-state index in [1.54, 1.807) is 18.7 Å². The van der Waals surface area contributed by atoms with Gasteiger partial charge in [-0.3, -0.25) is 14.5 Å². The number of ether oxygens (including phenoxy) is 1. The topological polar surface area (TPSA) is 82.1 Å². The molecule has 2 unspecified atom stereocenters. The maximum atomic E-state index is 13.9. The van der Waals surface area contributed by atoms with Crippen LogP contribution < -0.4 is 15.1 Å². The van der Waals surface area contributed by atoms with Crippen molar-refractivity contribution in [2.75, 3.05) is 29.5 Å². The average molecular weight is 574 g/mol. The number of hydrogen-bond acceptors (Lipinski definition) is 5. The Morgan fingerprint density at radius 2 is 1.80 bits per heavy atom. The number of aliphatic carboxylic acids is 1. The molecule has 3 aromatic rings. The average Bonchev–Trinajstić information content (AvgIpc) is 2.95. The van der Waals surface area contributed by atoms with E-state index in [2.05, 4.69) is 29.8 Å². The van der Waals surface area contributed by atoms with E-state index >= 15 is 0 Å². The number of nitrogens with zero attached hydrogens (tertiary/aromatic N) is 2. The van der Waals surface area contributed by atoms with E-state index in [0.717, 1.165) is 34.7 Å². The van der Waals surface area contributed by atoms with Gasteiger partial charge < -0.3 is 20.1 Å². The van der Waals surface area contributed by atoms with Gasteiger partial charge in [0, 0.05) is 48.0 Å². The highest BCUT2D eigenvalue weighted by Gasteiger charge is 2.56. The van der Waals surface area contributed by atoms with Crippen LogP contribution in [0, 0.1) is 5.41 Å². The van der Waals surface area contributed by atoms with E-state index in [1.165, 1.54) is 0 Å². The highest BCUT2D eigenvalue weighted by atomic mass is 35.5. The normalized spacial score (nSPS) is 20.0. The summed E-state index contributed by atoms with van der Waals surface area (Å²) >= 11 is 6.15. The highest BCUT2D eigenvalue weighted by Crippen LogP contribution is 2.53. The maximum Gasteiger partial charge on any atom is 0.310 e. The Bertz CT molecular complexity index is 1450. The predicted octanol–water partition coefficient (Wildman–Crippen LogP) is 6.23. The third-order valence-corrected chi connectivity index (χ3v) is 8.40. The van der Waals surface area contributed by atoms with E-state index in [4.69, 9.17) is 16.3 Å². The number of para-hydroxylation sites is 1. The lowest BCUT2D eigenvalue weighted by molar-refractivity contribution is -0.146. The number of nitrogens with one attached hydrogen (secondary N) is 1. The molecule has 2 N–H and O–H groups in total. The number of carbonyl (C=O) groups is 2. The Balaban J connectivity index is 1.37. The van der Waals surface area contributed by atoms with Gasteiger partial charge in [-0.1, -0.05) is 48.5 Å². The van der Waals surface area contributed by atoms with Crippen molar-refractivity contribution >= 4 is 34.9 Å². The van der Waals surface area contributed by atoms with Gasteiger partial charge in [0.2, 0.25) is 0 Å². The number of anilines is 2. The van der Waals surface area contributed by atoms with Crippen molar-refractivity contribution in [2.45, 2.75) is 45.4 Å². The fraction of sp³-hybridized carbons (Fsp3) is 0.333. The molecular weight excluding hydrogens is 538 g/mol. The predicted molar refractivity (Wildman–Crippen MR) is 162 cm³/mol. The summed E-state index contributed by atoms with van der Waals surface area (Å²) in [4.78, 5) is 29.2. The molecule has 8 heteroatoms. The van der Waals surface area contributed by atoms with Gasteiger partial charge in [0.15, 0.2) is 0 Å². The number of hydrogen-bond donors (Lipinski definition) is 2. The molecule has 0 saturated carbocycles. The summed E-state index contributed by atoms with van der Waals surface area (Å²) in [6, 6.07) is 23.3. The fourth-order valence-electron chi connectivity index (χ4n) is 5.75. The van der Waals surface area contributed by atoms with Crippen LogP contribution in [0.5, 0.6) is 0 Å². The second kappa shape index (κ2) is 11.3. The lowest BCUT2D eigenvalue weighted by Gasteiger charge is -2.57. The van der Waals surface area contributed by atoms with Gasteiger partial charge in [-0.25, -0.2) is 0 Å². The fourth-order valence-corrected chi connectivity index (χ4v) is 5.88. The zero-order valence-corrected chi connectivity index (χ0v) is 24.4. The summed E-state index contributed by atoms with van der Waals surface area (Å²) in [6.45, 7) is 12.0. The number of rotatable bonds is 9. The third kappa shape index (κ3) is 5.37. The highest BCUT2D eigenvalue weighted by molar-refractivity contribution is 6.30. The molecular formula is C33H36ClN3O4. The zero-order valence-electron chi connectivity index (χ0n) is 23.7. The molecule has 1 saturated heterocycles. The van der Waals surface area contributed by atoms with Crippen LogP contribution in [0.3, 0.4) is 0 Å². The zero-order chi connectivity index (χ0) is 29.4. The van der Waals surface area contributed by atoms with Crippen molar-refractivity contribution < 1.29 is 19.4 Å². The van der Waals surface area contributed by atoms with E-state index in [9.17, 15) is 14.7 Å². The van der Waals surface area contributed by atoms with E-state index < -0.39 is 11.4 Å². The summed E-state index contributed by atoms with van der Waals surface area (Å²) < 4.78 is 6.24. The number of amides is 1. The quantitative estimate of drug-likeness (QED) is 0.316. The van der Waals surface area contributed by atoms with Crippen molar-refractivity contribution in [1.29, 1.82) is 0 Å². The van der Waals surface area contributed by atoms with Gasteiger partial charge in [0.25, 0.3) is 5.91 Å². The van der Waals surface area contributed by atoms with Crippen LogP contribution in [-0.2, 0) is 21.5 Å². The van der Waals surface area contributed by atoms with Crippen LogP contribution in [0.1, 0.15) is 48.7 Å².